The van der Waals surface area contributed by atoms with Gasteiger partial charge in [0, 0.05) is 31.0 Å². The van der Waals surface area contributed by atoms with E-state index in [0.717, 1.165) is 30.3 Å². The summed E-state index contributed by atoms with van der Waals surface area (Å²) in [6.07, 6.45) is 2.05. The Morgan fingerprint density at radius 1 is 1.10 bits per heavy atom. The fourth-order valence-corrected chi connectivity index (χ4v) is 4.88. The number of carbonyl (C=O) groups is 2. The van der Waals surface area contributed by atoms with Crippen molar-refractivity contribution in [1.82, 2.24) is 4.90 Å². The van der Waals surface area contributed by atoms with Gasteiger partial charge in [0.1, 0.15) is 5.75 Å². The van der Waals surface area contributed by atoms with E-state index in [9.17, 15) is 9.59 Å². The van der Waals surface area contributed by atoms with Crippen molar-refractivity contribution in [2.24, 2.45) is 0 Å². The number of ether oxygens (including phenoxy) is 1. The van der Waals surface area contributed by atoms with E-state index in [-0.39, 0.29) is 17.6 Å². The summed E-state index contributed by atoms with van der Waals surface area (Å²) in [7, 11) is 0. The van der Waals surface area contributed by atoms with E-state index in [2.05, 4.69) is 42.2 Å². The normalized spacial score (nSPS) is 19.8. The summed E-state index contributed by atoms with van der Waals surface area (Å²) in [5.41, 5.74) is 2.72. The Bertz CT molecular complexity index is 1140. The first-order valence-corrected chi connectivity index (χ1v) is 11.1. The summed E-state index contributed by atoms with van der Waals surface area (Å²) in [6.45, 7) is 4.62. The highest BCUT2D eigenvalue weighted by molar-refractivity contribution is 6.05. The molecule has 0 N–H and O–H groups in total. The fraction of sp³-hybridized carbons (Fsp3) is 0.333. The van der Waals surface area contributed by atoms with E-state index >= 15 is 0 Å². The Hall–Kier alpha value is -2.98. The minimum absolute atomic E-state index is 0.107. The maximum atomic E-state index is 13.0. The van der Waals surface area contributed by atoms with Crippen LogP contribution in [-0.4, -0.2) is 42.2 Å². The summed E-state index contributed by atoms with van der Waals surface area (Å²) in [6, 6.07) is 20.4. The maximum absolute atomic E-state index is 13.0. The Morgan fingerprint density at radius 2 is 1.94 bits per heavy atom. The first-order chi connectivity index (χ1) is 15.1. The van der Waals surface area contributed by atoms with E-state index in [1.54, 1.807) is 0 Å². The molecule has 0 spiro atoms. The molecule has 5 rings (SSSR count). The molecule has 2 aliphatic rings. The minimum Gasteiger partial charge on any atom is -0.492 e. The summed E-state index contributed by atoms with van der Waals surface area (Å²) in [5, 5.41) is 1.91. The molecular formula is C27H27NO3. The number of hydrogen-bond donors (Lipinski definition) is 0. The highest BCUT2D eigenvalue weighted by Gasteiger charge is 2.28. The molecule has 3 aromatic rings. The van der Waals surface area contributed by atoms with E-state index in [4.69, 9.17) is 4.74 Å². The van der Waals surface area contributed by atoms with Gasteiger partial charge in [0.2, 0.25) is 0 Å². The van der Waals surface area contributed by atoms with Crippen molar-refractivity contribution >= 4 is 22.3 Å². The minimum atomic E-state index is 0.107. The largest absolute Gasteiger partial charge is 0.492 e. The molecule has 2 atom stereocenters. The van der Waals surface area contributed by atoms with Gasteiger partial charge in [-0.2, -0.15) is 0 Å². The Labute approximate surface area is 182 Å². The van der Waals surface area contributed by atoms with Gasteiger partial charge >= 0.3 is 0 Å². The number of carbonyl (C=O) groups excluding carboxylic acids is 2. The molecule has 4 heteroatoms. The smallest absolute Gasteiger partial charge is 0.170 e. The first-order valence-electron chi connectivity index (χ1n) is 11.1. The van der Waals surface area contributed by atoms with Crippen molar-refractivity contribution in [2.75, 3.05) is 19.7 Å². The van der Waals surface area contributed by atoms with Crippen LogP contribution in [0.4, 0.5) is 0 Å². The third-order valence-corrected chi connectivity index (χ3v) is 6.74. The number of nitrogens with zero attached hydrogens (tertiary/aromatic N) is 1. The van der Waals surface area contributed by atoms with E-state index in [1.807, 2.05) is 30.3 Å². The molecule has 3 aromatic carbocycles. The van der Waals surface area contributed by atoms with E-state index in [1.165, 1.54) is 5.56 Å². The molecule has 0 bridgehead atoms. The van der Waals surface area contributed by atoms with Crippen molar-refractivity contribution in [3.05, 3.63) is 77.4 Å². The number of hydrogen-bond acceptors (Lipinski definition) is 4. The van der Waals surface area contributed by atoms with Gasteiger partial charge < -0.3 is 4.74 Å². The molecule has 1 fully saturated rings. The second kappa shape index (κ2) is 8.27. The van der Waals surface area contributed by atoms with Crippen LogP contribution in [0.15, 0.2) is 60.7 Å². The second-order valence-corrected chi connectivity index (χ2v) is 8.80. The van der Waals surface area contributed by atoms with Crippen LogP contribution in [0.25, 0.3) is 10.8 Å². The second-order valence-electron chi connectivity index (χ2n) is 8.80. The molecule has 0 amide bonds. The van der Waals surface area contributed by atoms with Gasteiger partial charge in [-0.25, -0.2) is 0 Å². The van der Waals surface area contributed by atoms with Crippen molar-refractivity contribution in [3.63, 3.8) is 0 Å². The van der Waals surface area contributed by atoms with Crippen LogP contribution in [0.1, 0.15) is 58.4 Å². The monoisotopic (exact) mass is 413 g/mol. The van der Waals surface area contributed by atoms with Gasteiger partial charge in [-0.1, -0.05) is 42.5 Å². The van der Waals surface area contributed by atoms with Gasteiger partial charge in [-0.3, -0.25) is 14.5 Å². The molecule has 31 heavy (non-hydrogen) atoms. The lowest BCUT2D eigenvalue weighted by Gasteiger charge is -2.24. The molecule has 0 aliphatic carbocycles. The zero-order valence-corrected chi connectivity index (χ0v) is 17.8. The van der Waals surface area contributed by atoms with Gasteiger partial charge in [0.05, 0.1) is 12.2 Å². The zero-order valence-electron chi connectivity index (χ0n) is 17.8. The third-order valence-electron chi connectivity index (χ3n) is 6.74. The van der Waals surface area contributed by atoms with E-state index < -0.39 is 0 Å². The summed E-state index contributed by atoms with van der Waals surface area (Å²) in [4.78, 5) is 27.7. The lowest BCUT2D eigenvalue weighted by Crippen LogP contribution is -2.32. The Morgan fingerprint density at radius 3 is 2.77 bits per heavy atom. The predicted octanol–water partition coefficient (Wildman–Crippen LogP) is 5.26. The molecule has 0 saturated carbocycles. The van der Waals surface area contributed by atoms with Crippen LogP contribution in [0.3, 0.4) is 0 Å². The number of benzene rings is 3. The molecule has 2 aliphatic heterocycles. The quantitative estimate of drug-likeness (QED) is 0.536. The van der Waals surface area contributed by atoms with Crippen LogP contribution in [-0.2, 0) is 0 Å². The highest BCUT2D eigenvalue weighted by atomic mass is 16.5. The molecule has 4 nitrogen and oxygen atoms in total. The van der Waals surface area contributed by atoms with Gasteiger partial charge in [-0.05, 0) is 60.3 Å². The number of Topliss-reactive ketones (excluding diaryl/α,β-unsaturated/α-hetero) is 2. The Kier molecular flexibility index (Phi) is 5.33. The maximum Gasteiger partial charge on any atom is 0.170 e. The van der Waals surface area contributed by atoms with Crippen LogP contribution >= 0.6 is 0 Å². The van der Waals surface area contributed by atoms with Crippen molar-refractivity contribution < 1.29 is 14.3 Å². The van der Waals surface area contributed by atoms with Gasteiger partial charge in [0.15, 0.2) is 11.6 Å². The molecule has 1 saturated heterocycles. The van der Waals surface area contributed by atoms with Crippen LogP contribution in [0.2, 0.25) is 0 Å². The van der Waals surface area contributed by atoms with Crippen molar-refractivity contribution in [3.8, 4) is 5.75 Å². The molecule has 0 radical (unpaired) electrons. The average Bonchev–Trinajstić information content (AvgIpc) is 3.29. The van der Waals surface area contributed by atoms with Crippen LogP contribution in [0.5, 0.6) is 5.75 Å². The highest BCUT2D eigenvalue weighted by Crippen LogP contribution is 2.32. The lowest BCUT2D eigenvalue weighted by molar-refractivity contribution is 0.0928. The van der Waals surface area contributed by atoms with Crippen molar-refractivity contribution in [2.45, 2.75) is 38.1 Å². The standard InChI is InChI=1S/C27H27NO3/c1-18(28-11-9-22(17-28)19-5-3-2-4-6-19)13-26(30)21-8-7-20-16-27-24(15-23(20)14-21)25(29)10-12-31-27/h2-8,14-16,18,22H,9-13,17H2,1H3. The average molecular weight is 414 g/mol. The van der Waals surface area contributed by atoms with Crippen LogP contribution < -0.4 is 4.74 Å². The first kappa shape index (κ1) is 20.0. The summed E-state index contributed by atoms with van der Waals surface area (Å²) < 4.78 is 5.64. The fourth-order valence-electron chi connectivity index (χ4n) is 4.88. The number of likely N-dealkylation sites (tertiary alicyclic amines) is 1. The number of fused-ring (bicyclic) bond motifs is 2. The molecule has 0 aromatic heterocycles. The molecular weight excluding hydrogens is 386 g/mol. The van der Waals surface area contributed by atoms with Gasteiger partial charge in [0.25, 0.3) is 0 Å². The zero-order chi connectivity index (χ0) is 21.4. The third kappa shape index (κ3) is 4.00. The summed E-state index contributed by atoms with van der Waals surface area (Å²) >= 11 is 0. The Balaban J connectivity index is 1.29. The molecule has 158 valence electrons. The van der Waals surface area contributed by atoms with Crippen molar-refractivity contribution in [1.29, 1.82) is 0 Å². The molecule has 2 unspecified atom stereocenters. The summed E-state index contributed by atoms with van der Waals surface area (Å²) in [5.74, 6) is 1.46. The predicted molar refractivity (Wildman–Crippen MR) is 122 cm³/mol. The van der Waals surface area contributed by atoms with E-state index in [0.29, 0.717) is 42.2 Å². The molecule has 2 heterocycles. The number of rotatable bonds is 5. The van der Waals surface area contributed by atoms with Crippen LogP contribution in [0, 0.1) is 0 Å². The lowest BCUT2D eigenvalue weighted by atomic mass is 9.96. The van der Waals surface area contributed by atoms with Gasteiger partial charge in [-0.15, -0.1) is 0 Å². The number of ketones is 2. The topological polar surface area (TPSA) is 46.6 Å². The SMILES string of the molecule is CC(CC(=O)c1ccc2cc3c(cc2c1)C(=O)CCO3)N1CCC(c2ccccc2)C1.